The lowest BCUT2D eigenvalue weighted by molar-refractivity contribution is -0.142. The van der Waals surface area contributed by atoms with Gasteiger partial charge in [0, 0.05) is 6.04 Å². The van der Waals surface area contributed by atoms with Crippen LogP contribution in [-0.4, -0.2) is 44.0 Å². The van der Waals surface area contributed by atoms with Gasteiger partial charge >= 0.3 is 5.97 Å². The monoisotopic (exact) mass is 195 g/mol. The SMILES string of the molecule is COC(=O)CC(C)N(C)CC(F)F. The van der Waals surface area contributed by atoms with Crippen LogP contribution in [0, 0.1) is 0 Å². The summed E-state index contributed by atoms with van der Waals surface area (Å²) in [5.41, 5.74) is 0. The third-order valence-corrected chi connectivity index (χ3v) is 1.87. The number of carbonyl (C=O) groups excluding carboxylic acids is 1. The van der Waals surface area contributed by atoms with Crippen LogP contribution in [0.5, 0.6) is 0 Å². The van der Waals surface area contributed by atoms with E-state index in [2.05, 4.69) is 4.74 Å². The zero-order valence-electron chi connectivity index (χ0n) is 8.09. The largest absolute Gasteiger partial charge is 0.469 e. The van der Waals surface area contributed by atoms with E-state index < -0.39 is 6.43 Å². The number of ether oxygens (including phenoxy) is 1. The second-order valence-electron chi connectivity index (χ2n) is 2.96. The zero-order valence-corrected chi connectivity index (χ0v) is 8.09. The van der Waals surface area contributed by atoms with E-state index >= 15 is 0 Å². The Bertz CT molecular complexity index is 164. The summed E-state index contributed by atoms with van der Waals surface area (Å²) < 4.78 is 28.2. The second kappa shape index (κ2) is 5.85. The van der Waals surface area contributed by atoms with Crippen molar-refractivity contribution in [2.24, 2.45) is 0 Å². The molecule has 0 saturated heterocycles. The summed E-state index contributed by atoms with van der Waals surface area (Å²) in [6.45, 7) is 1.39. The van der Waals surface area contributed by atoms with Crippen LogP contribution in [0.4, 0.5) is 8.78 Å². The van der Waals surface area contributed by atoms with E-state index in [1.54, 1.807) is 14.0 Å². The fourth-order valence-electron chi connectivity index (χ4n) is 0.878. The number of hydrogen-bond donors (Lipinski definition) is 0. The molecule has 0 aliphatic heterocycles. The molecule has 3 nitrogen and oxygen atoms in total. The molecule has 0 N–H and O–H groups in total. The minimum atomic E-state index is -2.37. The molecule has 0 fully saturated rings. The molecule has 0 aromatic heterocycles. The van der Waals surface area contributed by atoms with Gasteiger partial charge in [0.2, 0.25) is 0 Å². The first kappa shape index (κ1) is 12.3. The molecule has 0 heterocycles. The Labute approximate surface area is 76.7 Å². The summed E-state index contributed by atoms with van der Waals surface area (Å²) in [5, 5.41) is 0. The topological polar surface area (TPSA) is 29.5 Å². The van der Waals surface area contributed by atoms with Crippen molar-refractivity contribution < 1.29 is 18.3 Å². The van der Waals surface area contributed by atoms with Crippen molar-refractivity contribution in [2.45, 2.75) is 25.8 Å². The molecule has 0 spiro atoms. The summed E-state index contributed by atoms with van der Waals surface area (Å²) in [6.07, 6.45) is -2.23. The number of hydrogen-bond acceptors (Lipinski definition) is 3. The van der Waals surface area contributed by atoms with Crippen molar-refractivity contribution in [3.05, 3.63) is 0 Å². The number of carbonyl (C=O) groups is 1. The number of halogens is 2. The zero-order chi connectivity index (χ0) is 10.4. The first-order valence-corrected chi connectivity index (χ1v) is 4.02. The molecule has 1 atom stereocenters. The van der Waals surface area contributed by atoms with Crippen LogP contribution in [0.15, 0.2) is 0 Å². The Balaban J connectivity index is 3.81. The lowest BCUT2D eigenvalue weighted by Gasteiger charge is -2.22. The van der Waals surface area contributed by atoms with Gasteiger partial charge in [0.1, 0.15) is 0 Å². The van der Waals surface area contributed by atoms with Crippen LogP contribution in [0.2, 0.25) is 0 Å². The van der Waals surface area contributed by atoms with Gasteiger partial charge in [0.05, 0.1) is 20.1 Å². The Morgan fingerprint density at radius 3 is 2.46 bits per heavy atom. The molecular formula is C8H15F2NO2. The minimum absolute atomic E-state index is 0.139. The van der Waals surface area contributed by atoms with Gasteiger partial charge in [-0.1, -0.05) is 0 Å². The third kappa shape index (κ3) is 5.52. The molecule has 1 unspecified atom stereocenters. The predicted molar refractivity (Wildman–Crippen MR) is 44.7 cm³/mol. The average Bonchev–Trinajstić information content (AvgIpc) is 2.02. The number of methoxy groups -OCH3 is 1. The maximum absolute atomic E-state index is 11.9. The number of esters is 1. The van der Waals surface area contributed by atoms with Crippen molar-refractivity contribution >= 4 is 5.97 Å². The molecule has 0 aliphatic carbocycles. The molecule has 0 rings (SSSR count). The summed E-state index contributed by atoms with van der Waals surface area (Å²) >= 11 is 0. The van der Waals surface area contributed by atoms with Crippen molar-refractivity contribution in [3.63, 3.8) is 0 Å². The lowest BCUT2D eigenvalue weighted by Crippen LogP contribution is -2.34. The molecule has 0 radical (unpaired) electrons. The summed E-state index contributed by atoms with van der Waals surface area (Å²) in [5.74, 6) is -0.381. The summed E-state index contributed by atoms with van der Waals surface area (Å²) in [4.78, 5) is 12.2. The molecule has 0 bridgehead atoms. The van der Waals surface area contributed by atoms with Crippen LogP contribution < -0.4 is 0 Å². The van der Waals surface area contributed by atoms with Crippen LogP contribution in [0.25, 0.3) is 0 Å². The van der Waals surface area contributed by atoms with Crippen molar-refractivity contribution in [1.29, 1.82) is 0 Å². The molecule has 0 amide bonds. The van der Waals surface area contributed by atoms with Crippen molar-refractivity contribution in [3.8, 4) is 0 Å². The maximum Gasteiger partial charge on any atom is 0.307 e. The van der Waals surface area contributed by atoms with E-state index in [0.717, 1.165) is 0 Å². The highest BCUT2D eigenvalue weighted by Gasteiger charge is 2.16. The van der Waals surface area contributed by atoms with Gasteiger partial charge < -0.3 is 4.74 Å². The first-order chi connectivity index (χ1) is 5.97. The van der Waals surface area contributed by atoms with E-state index in [-0.39, 0.29) is 25.0 Å². The predicted octanol–water partition coefficient (Wildman–Crippen LogP) is 1.13. The highest BCUT2D eigenvalue weighted by molar-refractivity contribution is 5.69. The number of alkyl halides is 2. The molecular weight excluding hydrogens is 180 g/mol. The van der Waals surface area contributed by atoms with E-state index in [0.29, 0.717) is 0 Å². The van der Waals surface area contributed by atoms with Crippen LogP contribution in [0.1, 0.15) is 13.3 Å². The number of nitrogens with zero attached hydrogens (tertiary/aromatic N) is 1. The lowest BCUT2D eigenvalue weighted by atomic mass is 10.2. The normalized spacial score (nSPS) is 13.5. The van der Waals surface area contributed by atoms with Gasteiger partial charge in [0.25, 0.3) is 6.43 Å². The van der Waals surface area contributed by atoms with Crippen LogP contribution in [-0.2, 0) is 9.53 Å². The van der Waals surface area contributed by atoms with Gasteiger partial charge in [-0.25, -0.2) is 8.78 Å². The average molecular weight is 195 g/mol. The quantitative estimate of drug-likeness (QED) is 0.616. The second-order valence-corrected chi connectivity index (χ2v) is 2.96. The maximum atomic E-state index is 11.9. The van der Waals surface area contributed by atoms with Gasteiger partial charge in [-0.15, -0.1) is 0 Å². The van der Waals surface area contributed by atoms with Crippen LogP contribution in [0.3, 0.4) is 0 Å². The molecule has 0 saturated carbocycles. The highest BCUT2D eigenvalue weighted by Crippen LogP contribution is 2.05. The summed E-state index contributed by atoms with van der Waals surface area (Å²) in [7, 11) is 2.84. The Morgan fingerprint density at radius 1 is 1.54 bits per heavy atom. The third-order valence-electron chi connectivity index (χ3n) is 1.87. The molecule has 0 aromatic rings. The van der Waals surface area contributed by atoms with Crippen LogP contribution >= 0.6 is 0 Å². The van der Waals surface area contributed by atoms with E-state index in [9.17, 15) is 13.6 Å². The molecule has 0 aromatic carbocycles. The van der Waals surface area contributed by atoms with E-state index in [1.807, 2.05) is 0 Å². The van der Waals surface area contributed by atoms with Gasteiger partial charge in [-0.3, -0.25) is 9.69 Å². The fourth-order valence-corrected chi connectivity index (χ4v) is 0.878. The van der Waals surface area contributed by atoms with Gasteiger partial charge in [-0.05, 0) is 14.0 Å². The van der Waals surface area contributed by atoms with Gasteiger partial charge in [-0.2, -0.15) is 0 Å². The molecule has 78 valence electrons. The molecule has 0 aliphatic rings. The van der Waals surface area contributed by atoms with Crippen molar-refractivity contribution in [1.82, 2.24) is 4.90 Å². The van der Waals surface area contributed by atoms with E-state index in [4.69, 9.17) is 0 Å². The fraction of sp³-hybridized carbons (Fsp3) is 0.875. The smallest absolute Gasteiger partial charge is 0.307 e. The first-order valence-electron chi connectivity index (χ1n) is 4.02. The van der Waals surface area contributed by atoms with Crippen molar-refractivity contribution in [2.75, 3.05) is 20.7 Å². The summed E-state index contributed by atoms with van der Waals surface area (Å²) in [6, 6.07) is -0.221. The number of rotatable bonds is 5. The van der Waals surface area contributed by atoms with Gasteiger partial charge in [0.15, 0.2) is 0 Å². The molecule has 13 heavy (non-hydrogen) atoms. The highest BCUT2D eigenvalue weighted by atomic mass is 19.3. The standard InChI is InChI=1S/C8H15F2NO2/c1-6(4-8(12)13-3)11(2)5-7(9)10/h6-7H,4-5H2,1-3H3. The minimum Gasteiger partial charge on any atom is -0.469 e. The molecule has 5 heteroatoms. The Hall–Kier alpha value is -0.710. The Kier molecular flexibility index (Phi) is 5.53. The Morgan fingerprint density at radius 2 is 2.08 bits per heavy atom. The van der Waals surface area contributed by atoms with E-state index in [1.165, 1.54) is 12.0 Å².